The number of anilines is 1. The average Bonchev–Trinajstić information content (AvgIpc) is 3.57. The van der Waals surface area contributed by atoms with Crippen LogP contribution in [0.3, 0.4) is 0 Å². The third-order valence-electron chi connectivity index (χ3n) is 6.67. The lowest BCUT2D eigenvalue weighted by Gasteiger charge is -2.35. The number of nitrogens with zero attached hydrogens (tertiary/aromatic N) is 5. The lowest BCUT2D eigenvalue weighted by atomic mass is 9.95. The van der Waals surface area contributed by atoms with Crippen LogP contribution in [-0.2, 0) is 0 Å². The molecule has 1 atom stereocenters. The highest BCUT2D eigenvalue weighted by molar-refractivity contribution is 7.15. The van der Waals surface area contributed by atoms with Crippen LogP contribution in [0.25, 0.3) is 16.2 Å². The van der Waals surface area contributed by atoms with Crippen molar-refractivity contribution in [2.75, 3.05) is 18.0 Å². The van der Waals surface area contributed by atoms with E-state index < -0.39 is 5.67 Å². The molecule has 5 heterocycles. The average molecular weight is 496 g/mol. The SMILES string of the molecule is Cc1ccc(-c2cnc3c(N4CCC(C)(F)CC4)cc(C(=O)N[C@H](c4nnc[nH]4)C(C)C)cn23)s1. The van der Waals surface area contributed by atoms with Gasteiger partial charge in [-0.25, -0.2) is 9.37 Å². The van der Waals surface area contributed by atoms with E-state index in [1.165, 1.54) is 11.2 Å². The van der Waals surface area contributed by atoms with Gasteiger partial charge in [-0.05, 0) is 50.8 Å². The van der Waals surface area contributed by atoms with E-state index in [9.17, 15) is 9.18 Å². The van der Waals surface area contributed by atoms with E-state index in [1.54, 1.807) is 18.3 Å². The van der Waals surface area contributed by atoms with Crippen LogP contribution in [0.5, 0.6) is 0 Å². The number of hydrogen-bond acceptors (Lipinski definition) is 6. The number of carbonyl (C=O) groups is 1. The van der Waals surface area contributed by atoms with Crippen molar-refractivity contribution in [1.29, 1.82) is 0 Å². The molecule has 0 radical (unpaired) electrons. The molecule has 10 heteroatoms. The Balaban J connectivity index is 1.57. The number of imidazole rings is 1. The Labute approximate surface area is 207 Å². The van der Waals surface area contributed by atoms with E-state index in [0.29, 0.717) is 37.3 Å². The van der Waals surface area contributed by atoms with E-state index in [-0.39, 0.29) is 17.9 Å². The number of aromatic nitrogens is 5. The maximum atomic E-state index is 14.5. The first-order chi connectivity index (χ1) is 16.7. The molecule has 5 rings (SSSR count). The summed E-state index contributed by atoms with van der Waals surface area (Å²) in [6.07, 6.45) is 6.08. The van der Waals surface area contributed by atoms with Crippen LogP contribution in [0.15, 0.2) is 36.9 Å². The second kappa shape index (κ2) is 9.07. The molecule has 0 saturated carbocycles. The van der Waals surface area contributed by atoms with Crippen molar-refractivity contribution in [2.24, 2.45) is 5.92 Å². The summed E-state index contributed by atoms with van der Waals surface area (Å²) in [6.45, 7) is 8.92. The number of thiophene rings is 1. The van der Waals surface area contributed by atoms with E-state index in [0.717, 1.165) is 21.9 Å². The van der Waals surface area contributed by atoms with Crippen LogP contribution in [0, 0.1) is 12.8 Å². The largest absolute Gasteiger partial charge is 0.368 e. The number of fused-ring (bicyclic) bond motifs is 1. The summed E-state index contributed by atoms with van der Waals surface area (Å²) in [5, 5.41) is 11.1. The number of rotatable bonds is 6. The third-order valence-corrected chi connectivity index (χ3v) is 7.69. The van der Waals surface area contributed by atoms with E-state index in [4.69, 9.17) is 4.98 Å². The Bertz CT molecular complexity index is 1330. The van der Waals surface area contributed by atoms with Gasteiger partial charge in [0.15, 0.2) is 11.5 Å². The normalized spacial score (nSPS) is 16.7. The fourth-order valence-corrected chi connectivity index (χ4v) is 5.41. The molecule has 8 nitrogen and oxygen atoms in total. The molecule has 0 bridgehead atoms. The fraction of sp³-hybridized carbons (Fsp3) is 0.440. The predicted octanol–water partition coefficient (Wildman–Crippen LogP) is 4.94. The maximum absolute atomic E-state index is 14.5. The smallest absolute Gasteiger partial charge is 0.253 e. The summed E-state index contributed by atoms with van der Waals surface area (Å²) in [6, 6.07) is 5.71. The number of alkyl halides is 1. The number of hydrogen-bond donors (Lipinski definition) is 2. The first-order valence-corrected chi connectivity index (χ1v) is 12.7. The van der Waals surface area contributed by atoms with Gasteiger partial charge in [-0.3, -0.25) is 9.20 Å². The number of piperidine rings is 1. The van der Waals surface area contributed by atoms with Crippen molar-refractivity contribution in [3.05, 3.63) is 53.2 Å². The number of nitrogens with one attached hydrogen (secondary N) is 2. The van der Waals surface area contributed by atoms with E-state index in [1.807, 2.05) is 36.7 Å². The standard InChI is InChI=1S/C25H30FN7OS/c1-15(2)21(22-28-14-29-31-22)30-24(34)17-11-18(32-9-7-25(4,26)8-10-32)23-27-12-19(33(23)13-17)20-6-5-16(3)35-20/h5-6,11-15,21H,7-10H2,1-4H3,(H,30,34)(H,28,29,31)/t21-/m0/s1. The number of H-pyrrole nitrogens is 1. The van der Waals surface area contributed by atoms with Crippen molar-refractivity contribution >= 4 is 28.6 Å². The van der Waals surface area contributed by atoms with Crippen molar-refractivity contribution in [3.63, 3.8) is 0 Å². The van der Waals surface area contributed by atoms with Gasteiger partial charge in [0, 0.05) is 24.2 Å². The van der Waals surface area contributed by atoms with Crippen LogP contribution in [-0.4, -0.2) is 49.2 Å². The zero-order valence-electron chi connectivity index (χ0n) is 20.4. The Hall–Kier alpha value is -3.27. The van der Waals surface area contributed by atoms with Gasteiger partial charge in [0.05, 0.1) is 34.1 Å². The molecule has 184 valence electrons. The molecule has 1 amide bonds. The number of pyridine rings is 1. The molecule has 1 fully saturated rings. The van der Waals surface area contributed by atoms with Crippen molar-refractivity contribution in [2.45, 2.75) is 52.2 Å². The van der Waals surface area contributed by atoms with Gasteiger partial charge in [-0.1, -0.05) is 13.8 Å². The Morgan fingerprint density at radius 2 is 2.06 bits per heavy atom. The highest BCUT2D eigenvalue weighted by Gasteiger charge is 2.31. The highest BCUT2D eigenvalue weighted by Crippen LogP contribution is 2.35. The number of amides is 1. The molecule has 4 aromatic heterocycles. The second-order valence-corrected chi connectivity index (χ2v) is 11.1. The Morgan fingerprint density at radius 3 is 2.69 bits per heavy atom. The number of aryl methyl sites for hydroxylation is 1. The zero-order chi connectivity index (χ0) is 24.7. The van der Waals surface area contributed by atoms with Crippen LogP contribution in [0.4, 0.5) is 10.1 Å². The number of carbonyl (C=O) groups excluding carboxylic acids is 1. The fourth-order valence-electron chi connectivity index (χ4n) is 4.54. The van der Waals surface area contributed by atoms with Gasteiger partial charge in [-0.15, -0.1) is 21.5 Å². The van der Waals surface area contributed by atoms with Crippen molar-refractivity contribution in [3.8, 4) is 10.6 Å². The van der Waals surface area contributed by atoms with E-state index >= 15 is 0 Å². The number of aromatic amines is 1. The third kappa shape index (κ3) is 4.67. The minimum Gasteiger partial charge on any atom is -0.368 e. The van der Waals surface area contributed by atoms with Gasteiger partial charge >= 0.3 is 0 Å². The molecule has 0 aliphatic carbocycles. The predicted molar refractivity (Wildman–Crippen MR) is 136 cm³/mol. The van der Waals surface area contributed by atoms with Crippen molar-refractivity contribution < 1.29 is 9.18 Å². The van der Waals surface area contributed by atoms with Gasteiger partial charge in [0.25, 0.3) is 5.91 Å². The quantitative estimate of drug-likeness (QED) is 0.395. The minimum atomic E-state index is -1.17. The summed E-state index contributed by atoms with van der Waals surface area (Å²) in [7, 11) is 0. The molecule has 1 saturated heterocycles. The van der Waals surface area contributed by atoms with Crippen molar-refractivity contribution in [1.82, 2.24) is 29.9 Å². The summed E-state index contributed by atoms with van der Waals surface area (Å²) >= 11 is 1.68. The minimum absolute atomic E-state index is 0.109. The molecule has 35 heavy (non-hydrogen) atoms. The molecule has 0 spiro atoms. The maximum Gasteiger partial charge on any atom is 0.253 e. The molecule has 1 aliphatic rings. The Morgan fingerprint density at radius 1 is 1.29 bits per heavy atom. The molecule has 1 aliphatic heterocycles. The van der Waals surface area contributed by atoms with Gasteiger partial charge in [0.1, 0.15) is 12.0 Å². The summed E-state index contributed by atoms with van der Waals surface area (Å²) in [5.74, 6) is 0.514. The zero-order valence-corrected chi connectivity index (χ0v) is 21.2. The lowest BCUT2D eigenvalue weighted by Crippen LogP contribution is -2.40. The second-order valence-electron chi connectivity index (χ2n) is 9.83. The first-order valence-electron chi connectivity index (χ1n) is 11.9. The highest BCUT2D eigenvalue weighted by atomic mass is 32.1. The van der Waals surface area contributed by atoms with E-state index in [2.05, 4.69) is 44.5 Å². The number of halogens is 1. The summed E-state index contributed by atoms with van der Waals surface area (Å²) in [4.78, 5) is 25.7. The molecule has 2 N–H and O–H groups in total. The molecular formula is C25H30FN7OS. The van der Waals surface area contributed by atoms with Crippen LogP contribution < -0.4 is 10.2 Å². The lowest BCUT2D eigenvalue weighted by molar-refractivity contribution is 0.0922. The Kier molecular flexibility index (Phi) is 6.08. The monoisotopic (exact) mass is 495 g/mol. The molecular weight excluding hydrogens is 465 g/mol. The summed E-state index contributed by atoms with van der Waals surface area (Å²) < 4.78 is 16.5. The van der Waals surface area contributed by atoms with Crippen LogP contribution >= 0.6 is 11.3 Å². The van der Waals surface area contributed by atoms with Gasteiger partial charge < -0.3 is 15.2 Å². The van der Waals surface area contributed by atoms with Crippen LogP contribution in [0.2, 0.25) is 0 Å². The topological polar surface area (TPSA) is 91.2 Å². The summed E-state index contributed by atoms with van der Waals surface area (Å²) in [5.41, 5.74) is 1.88. The first kappa shape index (κ1) is 23.5. The molecule has 0 aromatic carbocycles. The van der Waals surface area contributed by atoms with Gasteiger partial charge in [-0.2, -0.15) is 0 Å². The van der Waals surface area contributed by atoms with Crippen LogP contribution in [0.1, 0.15) is 60.7 Å². The van der Waals surface area contributed by atoms with Gasteiger partial charge in [0.2, 0.25) is 0 Å². The molecule has 4 aromatic rings. The molecule has 0 unspecified atom stereocenters.